The maximum atomic E-state index is 13.1. The van der Waals surface area contributed by atoms with Crippen molar-refractivity contribution in [2.75, 3.05) is 0 Å². The highest BCUT2D eigenvalue weighted by Gasteiger charge is 2.42. The zero-order valence-corrected chi connectivity index (χ0v) is 40.6. The van der Waals surface area contributed by atoms with Gasteiger partial charge in [-0.3, -0.25) is 19.1 Å². The van der Waals surface area contributed by atoms with Crippen LogP contribution in [0.25, 0.3) is 34.6 Å². The fourth-order valence-electron chi connectivity index (χ4n) is 8.27. The predicted molar refractivity (Wildman–Crippen MR) is 260 cm³/mol. The molecule has 0 spiro atoms. The van der Waals surface area contributed by atoms with Crippen LogP contribution in [0.15, 0.2) is 41.0 Å². The molecule has 1 aliphatic carbocycles. The topological polar surface area (TPSA) is 198 Å². The van der Waals surface area contributed by atoms with Crippen LogP contribution in [0.4, 0.5) is 0 Å². The molecule has 340 valence electrons. The average molecular weight is 947 g/mol. The highest BCUT2D eigenvalue weighted by molar-refractivity contribution is 8.26. The molecule has 3 aromatic carbocycles. The van der Waals surface area contributed by atoms with Crippen molar-refractivity contribution in [3.05, 3.63) is 99.2 Å². The van der Waals surface area contributed by atoms with E-state index in [-0.39, 0.29) is 62.6 Å². The first-order valence-electron chi connectivity index (χ1n) is 20.7. The lowest BCUT2D eigenvalue weighted by Gasteiger charge is -2.26. The van der Waals surface area contributed by atoms with E-state index >= 15 is 0 Å². The van der Waals surface area contributed by atoms with Gasteiger partial charge in [-0.25, -0.2) is 9.59 Å². The highest BCUT2D eigenvalue weighted by atomic mass is 32.2. The minimum absolute atomic E-state index is 0.0524. The zero-order chi connectivity index (χ0) is 47.8. The number of hydrogen-bond donors (Lipinski definition) is 6. The number of aromatic hydroxyl groups is 1. The van der Waals surface area contributed by atoms with E-state index in [1.165, 1.54) is 15.5 Å². The van der Waals surface area contributed by atoms with Crippen LogP contribution in [0.2, 0.25) is 0 Å². The van der Waals surface area contributed by atoms with Crippen LogP contribution in [0.3, 0.4) is 0 Å². The number of thiocarbonyl (C=S) groups is 1. The molecule has 0 bridgehead atoms. The van der Waals surface area contributed by atoms with Gasteiger partial charge in [-0.05, 0) is 146 Å². The Kier molecular flexibility index (Phi) is 15.7. The van der Waals surface area contributed by atoms with Crippen LogP contribution in [0, 0.1) is 35.6 Å². The summed E-state index contributed by atoms with van der Waals surface area (Å²) in [7, 11) is 0. The molecule has 12 nitrogen and oxygen atoms in total. The summed E-state index contributed by atoms with van der Waals surface area (Å²) >= 11 is 12.9. The second kappa shape index (κ2) is 20.0. The molecule has 6 N–H and O–H groups in total. The van der Waals surface area contributed by atoms with Crippen LogP contribution in [0.1, 0.15) is 111 Å². The van der Waals surface area contributed by atoms with Crippen LogP contribution in [-0.4, -0.2) is 74.1 Å². The maximum absolute atomic E-state index is 13.1. The Morgan fingerprint density at radius 2 is 1.42 bits per heavy atom. The number of fused-ring (bicyclic) bond motifs is 2. The van der Waals surface area contributed by atoms with Crippen molar-refractivity contribution in [2.24, 2.45) is 17.8 Å². The Hall–Kier alpha value is -4.97. The van der Waals surface area contributed by atoms with Gasteiger partial charge in [0.05, 0.1) is 23.0 Å². The Labute approximate surface area is 390 Å². The summed E-state index contributed by atoms with van der Waals surface area (Å²) in [6, 6.07) is 7.63. The Balaban J connectivity index is 0.000000241. The summed E-state index contributed by atoms with van der Waals surface area (Å²) in [5.41, 5.74) is 6.34. The first-order chi connectivity index (χ1) is 29.9. The molecule has 4 aromatic rings. The molecule has 1 aromatic heterocycles. The third kappa shape index (κ3) is 9.82. The van der Waals surface area contributed by atoms with E-state index in [2.05, 4.69) is 13.8 Å². The molecule has 1 fully saturated rings. The molecule has 2 aliphatic rings. The van der Waals surface area contributed by atoms with Crippen LogP contribution >= 0.6 is 47.5 Å². The first kappa shape index (κ1) is 50.0. The Bertz CT molecular complexity index is 2850. The molecule has 1 amide bonds. The van der Waals surface area contributed by atoms with E-state index in [0.29, 0.717) is 26.5 Å². The largest absolute Gasteiger partial charge is 0.504 e. The number of allylic oxidation sites excluding steroid dienone is 1. The number of ketones is 1. The summed E-state index contributed by atoms with van der Waals surface area (Å²) in [6.07, 6.45) is 4.95. The minimum atomic E-state index is -1.08. The number of carbonyl (C=O) groups is 4. The minimum Gasteiger partial charge on any atom is -0.504 e. The third-order valence-corrected chi connectivity index (χ3v) is 14.0. The van der Waals surface area contributed by atoms with E-state index in [1.807, 2.05) is 58.0 Å². The first-order valence-corrected chi connectivity index (χ1v) is 23.2. The summed E-state index contributed by atoms with van der Waals surface area (Å²) < 4.78 is 1.80. The molecule has 16 heteroatoms. The number of rotatable bonds is 12. The highest BCUT2D eigenvalue weighted by Crippen LogP contribution is 2.39. The summed E-state index contributed by atoms with van der Waals surface area (Å²) in [5, 5.41) is 63.4. The van der Waals surface area contributed by atoms with E-state index in [0.717, 1.165) is 72.1 Å². The molecule has 1 aliphatic heterocycles. The number of carbonyl (C=O) groups excluding carboxylic acids is 2. The molecule has 64 heavy (non-hydrogen) atoms. The smallest absolute Gasteiger partial charge is 0.327 e. The number of thioether (sulfide) groups is 1. The van der Waals surface area contributed by atoms with Gasteiger partial charge in [0.2, 0.25) is 11.7 Å². The van der Waals surface area contributed by atoms with Crippen molar-refractivity contribution in [1.82, 2.24) is 9.47 Å². The van der Waals surface area contributed by atoms with Crippen molar-refractivity contribution in [3.63, 3.8) is 0 Å². The van der Waals surface area contributed by atoms with Gasteiger partial charge in [0, 0.05) is 5.57 Å². The summed E-state index contributed by atoms with van der Waals surface area (Å²) in [5.74, 6) is -3.85. The number of carboxylic acid groups (broad SMARTS) is 2. The number of Topliss-reactive ketones (excluding diaryl/α,β-unsaturated/α-hetero) is 1. The Morgan fingerprint density at radius 1 is 0.797 bits per heavy atom. The normalized spacial score (nSPS) is 16.1. The number of amides is 1. The van der Waals surface area contributed by atoms with Crippen LogP contribution in [-0.2, 0) is 32.4 Å². The lowest BCUT2D eigenvalue weighted by Crippen LogP contribution is -2.47. The SMILES string of the molecule is Cc1cc2c(C(C)C)c(CO)c(CO)cc2cc1/C=C1\SC(=S)N(C(C(=O)O)C(C)C)C1=O.Cc1cc2c(cc1=Cc1sc(=S)n(C(C(=O)O)C(C)C)c1O)C=C(O)C(=O)C=2C(C)C. The lowest BCUT2D eigenvalue weighted by atomic mass is 9.86. The van der Waals surface area contributed by atoms with Crippen LogP contribution in [0.5, 0.6) is 5.88 Å². The second-order valence-electron chi connectivity index (χ2n) is 17.2. The number of aryl methyl sites for hydroxylation is 2. The fourth-order valence-corrected chi connectivity index (χ4v) is 10.9. The number of aliphatic hydroxyl groups is 3. The second-order valence-corrected chi connectivity index (χ2v) is 20.6. The lowest BCUT2D eigenvalue weighted by molar-refractivity contribution is -0.146. The van der Waals surface area contributed by atoms with Crippen molar-refractivity contribution < 1.29 is 49.8 Å². The molecule has 0 radical (unpaired) electrons. The predicted octanol–water partition coefficient (Wildman–Crippen LogP) is 8.26. The molecule has 1 saturated heterocycles. The zero-order valence-electron chi connectivity index (χ0n) is 37.3. The van der Waals surface area contributed by atoms with Gasteiger partial charge in [0.25, 0.3) is 5.91 Å². The molecule has 6 rings (SSSR count). The summed E-state index contributed by atoms with van der Waals surface area (Å²) in [6.45, 7) is 18.5. The number of thiazole rings is 1. The van der Waals surface area contributed by atoms with E-state index in [1.54, 1.807) is 39.8 Å². The standard InChI is InChI=1S/C25H29NO5S2.C23H25NO5S2/c1-12(2)21-18-6-14(5)15(7-16(18)8-17(10-27)19(21)11-28)9-20-23(29)26(25(32)33-20)22(13(3)4)24(30)31;1-10(2)18-15-6-12(5)13(7-14(15)8-16(25)20(18)26)9-17-21(27)24(23(30)31-17)19(11(3)4)22(28)29/h6-9,12-13,22,27-28H,10-11H2,1-5H3,(H,30,31);6-11,19,25,27H,1-5H3,(H,28,29)/b20-9-;. The number of aliphatic hydroxyl groups excluding tert-OH is 3. The number of benzene rings is 3. The fraction of sp³-hybridized carbons (Fsp3) is 0.375. The van der Waals surface area contributed by atoms with Crippen LogP contribution < -0.4 is 10.4 Å². The van der Waals surface area contributed by atoms with Crippen molar-refractivity contribution >= 4 is 110 Å². The molecule has 2 unspecified atom stereocenters. The van der Waals surface area contributed by atoms with Gasteiger partial charge >= 0.3 is 11.9 Å². The van der Waals surface area contributed by atoms with E-state index in [4.69, 9.17) is 24.4 Å². The molecular weight excluding hydrogens is 893 g/mol. The van der Waals surface area contributed by atoms with E-state index < -0.39 is 29.9 Å². The average Bonchev–Trinajstić information content (AvgIpc) is 3.62. The van der Waals surface area contributed by atoms with Gasteiger partial charge < -0.3 is 30.6 Å². The number of carboxylic acids is 2. The van der Waals surface area contributed by atoms with Gasteiger partial charge in [-0.15, -0.1) is 11.3 Å². The van der Waals surface area contributed by atoms with Crippen molar-refractivity contribution in [1.29, 1.82) is 0 Å². The number of aromatic nitrogens is 1. The number of hydrogen-bond acceptors (Lipinski definition) is 12. The van der Waals surface area contributed by atoms with Gasteiger partial charge in [-0.2, -0.15) is 0 Å². The van der Waals surface area contributed by atoms with Crippen molar-refractivity contribution in [3.8, 4) is 5.88 Å². The molecular formula is C48H54N2O10S4. The maximum Gasteiger partial charge on any atom is 0.327 e. The summed E-state index contributed by atoms with van der Waals surface area (Å²) in [4.78, 5) is 51.0. The van der Waals surface area contributed by atoms with Gasteiger partial charge in [0.15, 0.2) is 9.71 Å². The number of aliphatic carboxylic acids is 2. The quantitative estimate of drug-likeness (QED) is 0.0587. The molecule has 2 heterocycles. The molecule has 2 atom stereocenters. The number of nitrogens with zero attached hydrogens (tertiary/aromatic N) is 2. The Morgan fingerprint density at radius 3 is 1.95 bits per heavy atom. The van der Waals surface area contributed by atoms with Crippen molar-refractivity contribution in [2.45, 2.75) is 100 Å². The van der Waals surface area contributed by atoms with E-state index in [9.17, 15) is 49.8 Å². The van der Waals surface area contributed by atoms with Gasteiger partial charge in [-0.1, -0.05) is 91.5 Å². The van der Waals surface area contributed by atoms with Gasteiger partial charge in [0.1, 0.15) is 16.4 Å². The molecule has 0 saturated carbocycles. The third-order valence-electron chi connectivity index (χ3n) is 11.3. The monoisotopic (exact) mass is 946 g/mol.